The van der Waals surface area contributed by atoms with Gasteiger partial charge in [0.05, 0.1) is 0 Å². The molecule has 0 saturated heterocycles. The van der Waals surface area contributed by atoms with Crippen molar-refractivity contribution in [1.29, 1.82) is 0 Å². The van der Waals surface area contributed by atoms with Gasteiger partial charge < -0.3 is 10.2 Å². The van der Waals surface area contributed by atoms with Crippen LogP contribution in [-0.2, 0) is 4.79 Å². The van der Waals surface area contributed by atoms with E-state index in [1.165, 1.54) is 31.4 Å². The van der Waals surface area contributed by atoms with E-state index in [1.807, 2.05) is 14.0 Å². The van der Waals surface area contributed by atoms with Crippen molar-refractivity contribution in [1.82, 2.24) is 5.32 Å². The number of nitrogens with zero attached hydrogens (tertiary/aromatic N) is 1. The Bertz CT molecular complexity index is 483. The third-order valence-corrected chi connectivity index (χ3v) is 4.57. The van der Waals surface area contributed by atoms with Crippen molar-refractivity contribution in [2.24, 2.45) is 0 Å². The molecule has 1 aromatic rings. The van der Waals surface area contributed by atoms with Crippen molar-refractivity contribution < 1.29 is 9.18 Å². The maximum Gasteiger partial charge on any atom is 0.228 e. The number of carbonyl (C=O) groups is 1. The van der Waals surface area contributed by atoms with Gasteiger partial charge in [-0.3, -0.25) is 4.79 Å². The van der Waals surface area contributed by atoms with E-state index in [1.54, 1.807) is 17.0 Å². The first-order chi connectivity index (χ1) is 10.1. The summed E-state index contributed by atoms with van der Waals surface area (Å²) in [6.45, 7) is 2.48. The Balaban J connectivity index is 2.12. The largest absolute Gasteiger partial charge is 0.314 e. The molecule has 0 radical (unpaired) electrons. The van der Waals surface area contributed by atoms with Crippen molar-refractivity contribution in [3.8, 4) is 0 Å². The topological polar surface area (TPSA) is 32.3 Å². The molecule has 1 aliphatic rings. The lowest BCUT2D eigenvalue weighted by atomic mass is 9.79. The SMILES string of the molecule is CCN(C(=O)CC1(NC)CCCCC1)c1cccc(F)c1. The average molecular weight is 292 g/mol. The number of rotatable bonds is 5. The van der Waals surface area contributed by atoms with Gasteiger partial charge in [-0.25, -0.2) is 4.39 Å². The fourth-order valence-corrected chi connectivity index (χ4v) is 3.28. The normalized spacial score (nSPS) is 17.5. The van der Waals surface area contributed by atoms with Crippen LogP contribution >= 0.6 is 0 Å². The van der Waals surface area contributed by atoms with Crippen LogP contribution in [0.3, 0.4) is 0 Å². The van der Waals surface area contributed by atoms with Crippen LogP contribution in [0, 0.1) is 5.82 Å². The van der Waals surface area contributed by atoms with Crippen LogP contribution in [0.1, 0.15) is 45.4 Å². The summed E-state index contributed by atoms with van der Waals surface area (Å²) in [5.74, 6) is -0.237. The fourth-order valence-electron chi connectivity index (χ4n) is 3.28. The van der Waals surface area contributed by atoms with Crippen LogP contribution in [0.4, 0.5) is 10.1 Å². The van der Waals surface area contributed by atoms with Crippen LogP contribution in [-0.4, -0.2) is 25.0 Å². The molecule has 4 heteroatoms. The molecule has 1 amide bonds. The molecule has 1 N–H and O–H groups in total. The molecule has 1 saturated carbocycles. The molecule has 2 rings (SSSR count). The van der Waals surface area contributed by atoms with Crippen molar-refractivity contribution in [2.75, 3.05) is 18.5 Å². The van der Waals surface area contributed by atoms with E-state index in [9.17, 15) is 9.18 Å². The summed E-state index contributed by atoms with van der Waals surface area (Å²) in [4.78, 5) is 14.4. The van der Waals surface area contributed by atoms with Gasteiger partial charge in [0, 0.05) is 24.2 Å². The highest BCUT2D eigenvalue weighted by Crippen LogP contribution is 2.32. The van der Waals surface area contributed by atoms with E-state index in [0.29, 0.717) is 18.7 Å². The molecule has 116 valence electrons. The van der Waals surface area contributed by atoms with Gasteiger partial charge in [0.15, 0.2) is 0 Å². The van der Waals surface area contributed by atoms with Crippen molar-refractivity contribution >= 4 is 11.6 Å². The smallest absolute Gasteiger partial charge is 0.228 e. The average Bonchev–Trinajstić information content (AvgIpc) is 2.49. The van der Waals surface area contributed by atoms with Crippen molar-refractivity contribution in [3.05, 3.63) is 30.1 Å². The molecule has 0 atom stereocenters. The molecule has 0 aliphatic heterocycles. The Kier molecular flexibility index (Phi) is 5.34. The number of hydrogen-bond acceptors (Lipinski definition) is 2. The van der Waals surface area contributed by atoms with E-state index < -0.39 is 0 Å². The number of amides is 1. The molecule has 0 heterocycles. The van der Waals surface area contributed by atoms with Gasteiger partial charge in [0.2, 0.25) is 5.91 Å². The molecule has 1 fully saturated rings. The van der Waals surface area contributed by atoms with Gasteiger partial charge in [-0.15, -0.1) is 0 Å². The molecular weight excluding hydrogens is 267 g/mol. The van der Waals surface area contributed by atoms with Crippen LogP contribution in [0.25, 0.3) is 0 Å². The second-order valence-corrected chi connectivity index (χ2v) is 5.89. The molecule has 0 unspecified atom stereocenters. The van der Waals surface area contributed by atoms with E-state index in [2.05, 4.69) is 5.32 Å². The number of carbonyl (C=O) groups excluding carboxylic acids is 1. The summed E-state index contributed by atoms with van der Waals surface area (Å²) in [5, 5.41) is 3.37. The first-order valence-corrected chi connectivity index (χ1v) is 7.85. The zero-order valence-electron chi connectivity index (χ0n) is 13.0. The number of nitrogens with one attached hydrogen (secondary N) is 1. The Hall–Kier alpha value is -1.42. The van der Waals surface area contributed by atoms with Gasteiger partial charge in [-0.1, -0.05) is 25.3 Å². The van der Waals surface area contributed by atoms with Gasteiger partial charge in [-0.05, 0) is 45.0 Å². The van der Waals surface area contributed by atoms with Crippen molar-refractivity contribution in [3.63, 3.8) is 0 Å². The third kappa shape index (κ3) is 3.82. The second-order valence-electron chi connectivity index (χ2n) is 5.89. The van der Waals surface area contributed by atoms with Crippen LogP contribution < -0.4 is 10.2 Å². The fraction of sp³-hybridized carbons (Fsp3) is 0.588. The number of anilines is 1. The van der Waals surface area contributed by atoms with E-state index in [4.69, 9.17) is 0 Å². The van der Waals surface area contributed by atoms with Crippen LogP contribution in [0.5, 0.6) is 0 Å². The quantitative estimate of drug-likeness (QED) is 0.901. The monoisotopic (exact) mass is 292 g/mol. The summed E-state index contributed by atoms with van der Waals surface area (Å²) >= 11 is 0. The number of benzene rings is 1. The summed E-state index contributed by atoms with van der Waals surface area (Å²) in [5.41, 5.74) is 0.556. The van der Waals surface area contributed by atoms with E-state index in [-0.39, 0.29) is 17.3 Å². The molecule has 0 bridgehead atoms. The lowest BCUT2D eigenvalue weighted by Crippen LogP contribution is -2.49. The minimum atomic E-state index is -0.306. The molecular formula is C17H25FN2O. The number of halogens is 1. The third-order valence-electron chi connectivity index (χ3n) is 4.57. The van der Waals surface area contributed by atoms with Crippen molar-refractivity contribution in [2.45, 2.75) is 51.0 Å². The van der Waals surface area contributed by atoms with Gasteiger partial charge in [0.25, 0.3) is 0 Å². The maximum absolute atomic E-state index is 13.4. The first-order valence-electron chi connectivity index (χ1n) is 7.85. The summed E-state index contributed by atoms with van der Waals surface area (Å²) < 4.78 is 13.4. The molecule has 1 aromatic carbocycles. The number of hydrogen-bond donors (Lipinski definition) is 1. The zero-order valence-corrected chi connectivity index (χ0v) is 13.0. The van der Waals surface area contributed by atoms with E-state index >= 15 is 0 Å². The second kappa shape index (κ2) is 7.03. The Morgan fingerprint density at radius 1 is 1.33 bits per heavy atom. The van der Waals surface area contributed by atoms with Crippen LogP contribution in [0.15, 0.2) is 24.3 Å². The molecule has 0 spiro atoms. The van der Waals surface area contributed by atoms with Gasteiger partial charge >= 0.3 is 0 Å². The highest BCUT2D eigenvalue weighted by atomic mass is 19.1. The summed E-state index contributed by atoms with van der Waals surface area (Å²) in [6.07, 6.45) is 6.14. The maximum atomic E-state index is 13.4. The highest BCUT2D eigenvalue weighted by Gasteiger charge is 2.34. The summed E-state index contributed by atoms with van der Waals surface area (Å²) in [7, 11) is 1.94. The Morgan fingerprint density at radius 2 is 2.05 bits per heavy atom. The van der Waals surface area contributed by atoms with Gasteiger partial charge in [-0.2, -0.15) is 0 Å². The standard InChI is InChI=1S/C17H25FN2O/c1-3-20(15-9-7-8-14(18)12-15)16(21)13-17(19-2)10-5-4-6-11-17/h7-9,12,19H,3-6,10-11,13H2,1-2H3. The lowest BCUT2D eigenvalue weighted by Gasteiger charge is -2.38. The van der Waals surface area contributed by atoms with E-state index in [0.717, 1.165) is 12.8 Å². The zero-order chi connectivity index (χ0) is 15.3. The van der Waals surface area contributed by atoms with Crippen LogP contribution in [0.2, 0.25) is 0 Å². The molecule has 3 nitrogen and oxygen atoms in total. The highest BCUT2D eigenvalue weighted by molar-refractivity contribution is 5.94. The predicted octanol–water partition coefficient (Wildman–Crippen LogP) is 3.49. The minimum absolute atomic E-state index is 0.0688. The lowest BCUT2D eigenvalue weighted by molar-refractivity contribution is -0.120. The van der Waals surface area contributed by atoms with Gasteiger partial charge in [0.1, 0.15) is 5.82 Å². The Morgan fingerprint density at radius 3 is 2.62 bits per heavy atom. The summed E-state index contributed by atoms with van der Waals surface area (Å²) in [6, 6.07) is 6.26. The first kappa shape index (κ1) is 16.0. The molecule has 1 aliphatic carbocycles. The predicted molar refractivity (Wildman–Crippen MR) is 83.9 cm³/mol. The minimum Gasteiger partial charge on any atom is -0.314 e. The Labute approximate surface area is 126 Å². The molecule has 0 aromatic heterocycles. The molecule has 21 heavy (non-hydrogen) atoms.